The van der Waals surface area contributed by atoms with Crippen LogP contribution >= 0.6 is 0 Å². The van der Waals surface area contributed by atoms with Gasteiger partial charge in [0.25, 0.3) is 0 Å². The van der Waals surface area contributed by atoms with E-state index in [0.29, 0.717) is 11.7 Å². The zero-order valence-corrected chi connectivity index (χ0v) is 9.68. The number of aromatic nitrogens is 1. The Kier molecular flexibility index (Phi) is 3.41. The van der Waals surface area contributed by atoms with E-state index in [1.165, 1.54) is 19.2 Å². The van der Waals surface area contributed by atoms with Gasteiger partial charge in [0.2, 0.25) is 11.7 Å². The van der Waals surface area contributed by atoms with Crippen molar-refractivity contribution in [3.05, 3.63) is 22.2 Å². The molecule has 6 nitrogen and oxygen atoms in total. The average molecular weight is 237 g/mol. The molecule has 0 bridgehead atoms. The molecule has 17 heavy (non-hydrogen) atoms. The van der Waals surface area contributed by atoms with Crippen molar-refractivity contribution < 1.29 is 9.66 Å². The summed E-state index contributed by atoms with van der Waals surface area (Å²) in [5.41, 5.74) is -0.00213. The summed E-state index contributed by atoms with van der Waals surface area (Å²) in [6.07, 6.45) is 4.40. The van der Waals surface area contributed by atoms with Crippen LogP contribution < -0.4 is 10.1 Å². The number of methoxy groups -OCH3 is 1. The molecule has 0 unspecified atom stereocenters. The summed E-state index contributed by atoms with van der Waals surface area (Å²) >= 11 is 0. The van der Waals surface area contributed by atoms with E-state index in [0.717, 1.165) is 25.7 Å². The fourth-order valence-electron chi connectivity index (χ4n) is 2.06. The van der Waals surface area contributed by atoms with E-state index in [1.54, 1.807) is 0 Å². The van der Waals surface area contributed by atoms with Crippen molar-refractivity contribution in [1.29, 1.82) is 0 Å². The van der Waals surface area contributed by atoms with Gasteiger partial charge in [0, 0.05) is 18.2 Å². The fourth-order valence-corrected chi connectivity index (χ4v) is 2.06. The number of hydrogen-bond donors (Lipinski definition) is 1. The Bertz CT molecular complexity index is 416. The maximum atomic E-state index is 10.9. The molecule has 0 spiro atoms. The molecule has 1 heterocycles. The van der Waals surface area contributed by atoms with Gasteiger partial charge in [-0.2, -0.15) is 4.98 Å². The first-order chi connectivity index (χ1) is 8.20. The zero-order valence-electron chi connectivity index (χ0n) is 9.68. The van der Waals surface area contributed by atoms with Gasteiger partial charge < -0.3 is 10.1 Å². The molecule has 1 fully saturated rings. The summed E-state index contributed by atoms with van der Waals surface area (Å²) in [5.74, 6) is 0.692. The van der Waals surface area contributed by atoms with Crippen LogP contribution in [0.3, 0.4) is 0 Å². The van der Waals surface area contributed by atoms with Crippen LogP contribution in [-0.4, -0.2) is 23.1 Å². The number of nitro groups is 1. The molecule has 1 N–H and O–H groups in total. The minimum Gasteiger partial charge on any atom is -0.481 e. The van der Waals surface area contributed by atoms with E-state index in [2.05, 4.69) is 10.3 Å². The standard InChI is InChI=1S/C11H15N3O3/c1-17-10-7-6-9(14(15)16)11(13-10)12-8-4-2-3-5-8/h6-8H,2-5H2,1H3,(H,12,13). The van der Waals surface area contributed by atoms with Crippen molar-refractivity contribution in [2.45, 2.75) is 31.7 Å². The van der Waals surface area contributed by atoms with E-state index in [-0.39, 0.29) is 11.7 Å². The fraction of sp³-hybridized carbons (Fsp3) is 0.545. The molecule has 0 aliphatic heterocycles. The minimum absolute atomic E-state index is 0.00213. The molecule has 1 saturated carbocycles. The molecular weight excluding hydrogens is 222 g/mol. The van der Waals surface area contributed by atoms with Gasteiger partial charge in [0.1, 0.15) is 0 Å². The molecule has 1 aliphatic rings. The first-order valence-corrected chi connectivity index (χ1v) is 5.66. The number of ether oxygens (including phenoxy) is 1. The van der Waals surface area contributed by atoms with Crippen molar-refractivity contribution in [2.75, 3.05) is 12.4 Å². The van der Waals surface area contributed by atoms with E-state index >= 15 is 0 Å². The van der Waals surface area contributed by atoms with Crippen LogP contribution in [0.2, 0.25) is 0 Å². The van der Waals surface area contributed by atoms with Crippen LogP contribution in [0.15, 0.2) is 12.1 Å². The number of rotatable bonds is 4. The minimum atomic E-state index is -0.427. The van der Waals surface area contributed by atoms with Crippen molar-refractivity contribution >= 4 is 11.5 Å². The van der Waals surface area contributed by atoms with Gasteiger partial charge in [-0.1, -0.05) is 12.8 Å². The lowest BCUT2D eigenvalue weighted by Crippen LogP contribution is -2.16. The molecule has 1 aliphatic carbocycles. The Balaban J connectivity index is 2.24. The average Bonchev–Trinajstić information content (AvgIpc) is 2.81. The van der Waals surface area contributed by atoms with Gasteiger partial charge >= 0.3 is 5.69 Å². The highest BCUT2D eigenvalue weighted by Crippen LogP contribution is 2.28. The Hall–Kier alpha value is -1.85. The third kappa shape index (κ3) is 2.64. The number of nitrogens with zero attached hydrogens (tertiary/aromatic N) is 2. The monoisotopic (exact) mass is 237 g/mol. The number of hydrogen-bond acceptors (Lipinski definition) is 5. The smallest absolute Gasteiger partial charge is 0.311 e. The lowest BCUT2D eigenvalue weighted by molar-refractivity contribution is -0.384. The first-order valence-electron chi connectivity index (χ1n) is 5.66. The quantitative estimate of drug-likeness (QED) is 0.642. The van der Waals surface area contributed by atoms with Crippen LogP contribution in [-0.2, 0) is 0 Å². The van der Waals surface area contributed by atoms with Gasteiger partial charge in [-0.05, 0) is 12.8 Å². The molecule has 92 valence electrons. The Morgan fingerprint density at radius 3 is 2.76 bits per heavy atom. The molecule has 1 aromatic rings. The Morgan fingerprint density at radius 2 is 2.18 bits per heavy atom. The first kappa shape index (κ1) is 11.6. The maximum Gasteiger partial charge on any atom is 0.311 e. The zero-order chi connectivity index (χ0) is 12.3. The number of nitrogens with one attached hydrogen (secondary N) is 1. The second-order valence-corrected chi connectivity index (χ2v) is 4.10. The molecule has 0 aromatic carbocycles. The predicted molar refractivity (Wildman–Crippen MR) is 63.3 cm³/mol. The predicted octanol–water partition coefficient (Wildman–Crippen LogP) is 2.35. The van der Waals surface area contributed by atoms with Gasteiger partial charge in [-0.15, -0.1) is 0 Å². The molecule has 6 heteroatoms. The lowest BCUT2D eigenvalue weighted by atomic mass is 10.2. The van der Waals surface area contributed by atoms with Crippen molar-refractivity contribution in [3.63, 3.8) is 0 Å². The molecular formula is C11H15N3O3. The summed E-state index contributed by atoms with van der Waals surface area (Å²) in [7, 11) is 1.49. The van der Waals surface area contributed by atoms with Crippen LogP contribution in [0.25, 0.3) is 0 Å². The topological polar surface area (TPSA) is 77.3 Å². The van der Waals surface area contributed by atoms with Gasteiger partial charge in [-0.3, -0.25) is 10.1 Å². The second kappa shape index (κ2) is 4.99. The molecule has 0 radical (unpaired) electrons. The molecule has 1 aromatic heterocycles. The van der Waals surface area contributed by atoms with Crippen LogP contribution in [0, 0.1) is 10.1 Å². The van der Waals surface area contributed by atoms with Gasteiger partial charge in [-0.25, -0.2) is 0 Å². The summed E-state index contributed by atoms with van der Waals surface area (Å²) in [6, 6.07) is 3.20. The van der Waals surface area contributed by atoms with E-state index in [4.69, 9.17) is 4.74 Å². The Morgan fingerprint density at radius 1 is 1.47 bits per heavy atom. The highest BCUT2D eigenvalue weighted by Gasteiger charge is 2.21. The lowest BCUT2D eigenvalue weighted by Gasteiger charge is -2.13. The van der Waals surface area contributed by atoms with Crippen LogP contribution in [0.1, 0.15) is 25.7 Å². The number of pyridine rings is 1. The summed E-state index contributed by atoms with van der Waals surface area (Å²) in [6.45, 7) is 0. The van der Waals surface area contributed by atoms with E-state index < -0.39 is 4.92 Å². The maximum absolute atomic E-state index is 10.9. The Labute approximate surface area is 99.2 Å². The van der Waals surface area contributed by atoms with E-state index in [1.807, 2.05) is 0 Å². The summed E-state index contributed by atoms with van der Waals surface area (Å²) in [4.78, 5) is 14.6. The molecule has 0 atom stereocenters. The van der Waals surface area contributed by atoms with Crippen molar-refractivity contribution in [1.82, 2.24) is 4.98 Å². The van der Waals surface area contributed by atoms with Crippen molar-refractivity contribution in [3.8, 4) is 5.88 Å². The molecule has 0 amide bonds. The van der Waals surface area contributed by atoms with Gasteiger partial charge in [0.15, 0.2) is 0 Å². The van der Waals surface area contributed by atoms with Crippen molar-refractivity contribution in [2.24, 2.45) is 0 Å². The van der Waals surface area contributed by atoms with Crippen LogP contribution in [0.5, 0.6) is 5.88 Å². The SMILES string of the molecule is COc1ccc([N+](=O)[O-])c(NC2CCCC2)n1. The molecule has 0 saturated heterocycles. The third-order valence-corrected chi connectivity index (χ3v) is 2.95. The third-order valence-electron chi connectivity index (χ3n) is 2.95. The van der Waals surface area contributed by atoms with Crippen LogP contribution in [0.4, 0.5) is 11.5 Å². The largest absolute Gasteiger partial charge is 0.481 e. The van der Waals surface area contributed by atoms with Gasteiger partial charge in [0.05, 0.1) is 12.0 Å². The number of anilines is 1. The summed E-state index contributed by atoms with van der Waals surface area (Å²) in [5, 5.41) is 14.0. The van der Waals surface area contributed by atoms with E-state index in [9.17, 15) is 10.1 Å². The molecule has 2 rings (SSSR count). The summed E-state index contributed by atoms with van der Waals surface area (Å²) < 4.78 is 4.98. The highest BCUT2D eigenvalue weighted by atomic mass is 16.6. The normalized spacial score (nSPS) is 15.8. The second-order valence-electron chi connectivity index (χ2n) is 4.10. The highest BCUT2D eigenvalue weighted by molar-refractivity contribution is 5.57.